The van der Waals surface area contributed by atoms with E-state index in [1.165, 1.54) is 0 Å². The van der Waals surface area contributed by atoms with Crippen molar-refractivity contribution in [2.75, 3.05) is 33.9 Å². The van der Waals surface area contributed by atoms with Crippen molar-refractivity contribution in [3.63, 3.8) is 0 Å². The molecule has 0 aromatic heterocycles. The second-order valence-corrected chi connectivity index (χ2v) is 4.55. The van der Waals surface area contributed by atoms with Crippen molar-refractivity contribution in [3.8, 4) is 0 Å². The van der Waals surface area contributed by atoms with Gasteiger partial charge >= 0.3 is 0 Å². The minimum Gasteiger partial charge on any atom is -0.383 e. The zero-order valence-corrected chi connectivity index (χ0v) is 15.6. The maximum Gasteiger partial charge on any atom is 0.239 e. The van der Waals surface area contributed by atoms with Crippen LogP contribution in [0.1, 0.15) is 18.5 Å². The molecule has 0 aliphatic rings. The average Bonchev–Trinajstić information content (AvgIpc) is 2.52. The van der Waals surface area contributed by atoms with Crippen LogP contribution in [0.4, 0.5) is 0 Å². The molecule has 1 aromatic carbocycles. The van der Waals surface area contributed by atoms with Gasteiger partial charge < -0.3 is 20.7 Å². The van der Waals surface area contributed by atoms with Crippen molar-refractivity contribution in [2.24, 2.45) is 4.99 Å². The van der Waals surface area contributed by atoms with Gasteiger partial charge in [0, 0.05) is 20.7 Å². The second kappa shape index (κ2) is 12.2. The number of nitrogens with one attached hydrogen (secondary N) is 3. The first-order valence-electron chi connectivity index (χ1n) is 6.95. The van der Waals surface area contributed by atoms with Crippen LogP contribution in [0.15, 0.2) is 35.3 Å². The van der Waals surface area contributed by atoms with E-state index in [1.54, 1.807) is 14.2 Å². The summed E-state index contributed by atoms with van der Waals surface area (Å²) < 4.78 is 4.87. The predicted molar refractivity (Wildman–Crippen MR) is 99.7 cm³/mol. The summed E-state index contributed by atoms with van der Waals surface area (Å²) in [4.78, 5) is 15.7. The first-order chi connectivity index (χ1) is 10.2. The van der Waals surface area contributed by atoms with Crippen molar-refractivity contribution in [3.05, 3.63) is 35.9 Å². The molecule has 124 valence electrons. The first-order valence-corrected chi connectivity index (χ1v) is 6.95. The molecule has 1 atom stereocenters. The van der Waals surface area contributed by atoms with E-state index in [0.717, 1.165) is 5.56 Å². The van der Waals surface area contributed by atoms with Gasteiger partial charge in [-0.15, -0.1) is 24.0 Å². The summed E-state index contributed by atoms with van der Waals surface area (Å²) in [5.41, 5.74) is 1.16. The Bertz CT molecular complexity index is 454. The molecule has 0 aliphatic heterocycles. The first kappa shape index (κ1) is 20.6. The van der Waals surface area contributed by atoms with Gasteiger partial charge in [0.1, 0.15) is 0 Å². The number of carbonyl (C=O) groups excluding carboxylic acids is 1. The van der Waals surface area contributed by atoms with Gasteiger partial charge in [-0.1, -0.05) is 30.3 Å². The molecule has 0 radical (unpaired) electrons. The van der Waals surface area contributed by atoms with E-state index in [2.05, 4.69) is 20.9 Å². The Hall–Kier alpha value is -1.35. The molecule has 0 fully saturated rings. The number of guanidine groups is 1. The number of methoxy groups -OCH3 is 1. The molecule has 1 amide bonds. The van der Waals surface area contributed by atoms with Crippen LogP contribution in [-0.4, -0.2) is 45.7 Å². The molecular weight excluding hydrogens is 395 g/mol. The lowest BCUT2D eigenvalue weighted by molar-refractivity contribution is -0.120. The number of benzene rings is 1. The molecule has 0 spiro atoms. The lowest BCUT2D eigenvalue weighted by Gasteiger charge is -2.18. The summed E-state index contributed by atoms with van der Waals surface area (Å²) in [6.45, 7) is 3.22. The number of ether oxygens (including phenoxy) is 1. The molecule has 0 saturated carbocycles. The van der Waals surface area contributed by atoms with Gasteiger partial charge in [-0.2, -0.15) is 0 Å². The molecule has 0 saturated heterocycles. The topological polar surface area (TPSA) is 74.8 Å². The van der Waals surface area contributed by atoms with E-state index < -0.39 is 0 Å². The normalized spacial score (nSPS) is 12.0. The lowest BCUT2D eigenvalue weighted by atomic mass is 10.1. The Morgan fingerprint density at radius 3 is 2.55 bits per heavy atom. The van der Waals surface area contributed by atoms with Crippen LogP contribution in [0, 0.1) is 0 Å². The van der Waals surface area contributed by atoms with E-state index >= 15 is 0 Å². The molecule has 6 nitrogen and oxygen atoms in total. The highest BCUT2D eigenvalue weighted by Gasteiger charge is 2.08. The zero-order valence-electron chi connectivity index (χ0n) is 13.3. The van der Waals surface area contributed by atoms with Crippen molar-refractivity contribution >= 4 is 35.8 Å². The van der Waals surface area contributed by atoms with Crippen molar-refractivity contribution in [1.82, 2.24) is 16.0 Å². The summed E-state index contributed by atoms with van der Waals surface area (Å²) in [6, 6.07) is 10.2. The quantitative estimate of drug-likeness (QED) is 0.269. The minimum atomic E-state index is -0.0950. The van der Waals surface area contributed by atoms with Crippen LogP contribution in [0.2, 0.25) is 0 Å². The Kier molecular flexibility index (Phi) is 11.5. The van der Waals surface area contributed by atoms with Crippen LogP contribution in [-0.2, 0) is 9.53 Å². The Balaban J connectivity index is 0.00000441. The number of nitrogens with zero attached hydrogens (tertiary/aromatic N) is 1. The second-order valence-electron chi connectivity index (χ2n) is 4.55. The van der Waals surface area contributed by atoms with E-state index in [0.29, 0.717) is 19.1 Å². The predicted octanol–water partition coefficient (Wildman–Crippen LogP) is 1.29. The molecule has 3 N–H and O–H groups in total. The molecule has 0 bridgehead atoms. The van der Waals surface area contributed by atoms with Crippen molar-refractivity contribution in [1.29, 1.82) is 0 Å². The maximum absolute atomic E-state index is 11.6. The van der Waals surface area contributed by atoms with Gasteiger partial charge in [0.15, 0.2) is 5.96 Å². The Morgan fingerprint density at radius 2 is 1.95 bits per heavy atom. The minimum absolute atomic E-state index is 0. The average molecular weight is 420 g/mol. The van der Waals surface area contributed by atoms with Gasteiger partial charge in [-0.3, -0.25) is 9.79 Å². The zero-order chi connectivity index (χ0) is 15.5. The Morgan fingerprint density at radius 1 is 1.27 bits per heavy atom. The Labute approximate surface area is 149 Å². The fourth-order valence-corrected chi connectivity index (χ4v) is 1.74. The highest BCUT2D eigenvalue weighted by molar-refractivity contribution is 14.0. The fourth-order valence-electron chi connectivity index (χ4n) is 1.74. The third-order valence-corrected chi connectivity index (χ3v) is 2.92. The van der Waals surface area contributed by atoms with Gasteiger partial charge in [0.05, 0.1) is 19.2 Å². The summed E-state index contributed by atoms with van der Waals surface area (Å²) in [5.74, 6) is 0.496. The summed E-state index contributed by atoms with van der Waals surface area (Å²) in [7, 11) is 3.27. The molecule has 1 unspecified atom stereocenters. The van der Waals surface area contributed by atoms with Gasteiger partial charge in [0.2, 0.25) is 5.91 Å². The van der Waals surface area contributed by atoms with Gasteiger partial charge in [-0.25, -0.2) is 0 Å². The third kappa shape index (κ3) is 8.18. The van der Waals surface area contributed by atoms with E-state index in [4.69, 9.17) is 4.74 Å². The van der Waals surface area contributed by atoms with Crippen LogP contribution < -0.4 is 16.0 Å². The summed E-state index contributed by atoms with van der Waals surface area (Å²) in [5, 5.41) is 8.96. The largest absolute Gasteiger partial charge is 0.383 e. The maximum atomic E-state index is 11.6. The summed E-state index contributed by atoms with van der Waals surface area (Å²) in [6.07, 6.45) is 0. The van der Waals surface area contributed by atoms with Gasteiger partial charge in [-0.05, 0) is 12.5 Å². The number of hydrogen-bond acceptors (Lipinski definition) is 3. The van der Waals surface area contributed by atoms with Crippen molar-refractivity contribution < 1.29 is 9.53 Å². The number of halogens is 1. The number of rotatable bonds is 7. The molecular formula is C15H25IN4O2. The molecule has 1 rings (SSSR count). The molecule has 22 heavy (non-hydrogen) atoms. The van der Waals surface area contributed by atoms with Crippen LogP contribution in [0.3, 0.4) is 0 Å². The number of aliphatic imine (C=N–C) groups is 1. The smallest absolute Gasteiger partial charge is 0.239 e. The van der Waals surface area contributed by atoms with Crippen LogP contribution in [0.5, 0.6) is 0 Å². The fraction of sp³-hybridized carbons (Fsp3) is 0.467. The standard InChI is InChI=1S/C15H24N4O2.HI/c1-12(13-7-5-4-6-8-13)19-15(16-2)18-11-14(20)17-9-10-21-3;/h4-8,12H,9-11H2,1-3H3,(H,17,20)(H2,16,18,19);1H. The van der Waals surface area contributed by atoms with Gasteiger partial charge in [0.25, 0.3) is 0 Å². The number of carbonyl (C=O) groups is 1. The number of hydrogen-bond donors (Lipinski definition) is 3. The van der Waals surface area contributed by atoms with Crippen LogP contribution in [0.25, 0.3) is 0 Å². The summed E-state index contributed by atoms with van der Waals surface area (Å²) >= 11 is 0. The lowest BCUT2D eigenvalue weighted by Crippen LogP contribution is -2.44. The monoisotopic (exact) mass is 420 g/mol. The van der Waals surface area contributed by atoms with Crippen molar-refractivity contribution in [2.45, 2.75) is 13.0 Å². The highest BCUT2D eigenvalue weighted by atomic mass is 127. The molecule has 1 aromatic rings. The molecule has 7 heteroatoms. The highest BCUT2D eigenvalue weighted by Crippen LogP contribution is 2.10. The van der Waals surface area contributed by atoms with Crippen LogP contribution >= 0.6 is 24.0 Å². The van der Waals surface area contributed by atoms with E-state index in [-0.39, 0.29) is 42.5 Å². The van der Waals surface area contributed by atoms with E-state index in [1.807, 2.05) is 37.3 Å². The molecule has 0 heterocycles. The van der Waals surface area contributed by atoms with E-state index in [9.17, 15) is 4.79 Å². The third-order valence-electron chi connectivity index (χ3n) is 2.92. The molecule has 0 aliphatic carbocycles. The SMILES string of the molecule is CN=C(NCC(=O)NCCOC)NC(C)c1ccccc1.I. The number of amides is 1.